The Morgan fingerprint density at radius 1 is 1.47 bits per heavy atom. The number of aromatic nitrogens is 1. The summed E-state index contributed by atoms with van der Waals surface area (Å²) in [6, 6.07) is 1.81. The highest BCUT2D eigenvalue weighted by Crippen LogP contribution is 2.26. The maximum atomic E-state index is 6.00. The predicted molar refractivity (Wildman–Crippen MR) is 62.0 cm³/mol. The summed E-state index contributed by atoms with van der Waals surface area (Å²) < 4.78 is 0. The Balaban J connectivity index is 3.17. The Bertz CT molecular complexity index is 367. The molecule has 0 radical (unpaired) electrons. The van der Waals surface area contributed by atoms with Crippen molar-refractivity contribution in [1.29, 1.82) is 0 Å². The van der Waals surface area contributed by atoms with Crippen LogP contribution in [-0.2, 0) is 10.3 Å². The van der Waals surface area contributed by atoms with Gasteiger partial charge in [0.15, 0.2) is 0 Å². The summed E-state index contributed by atoms with van der Waals surface area (Å²) in [6.07, 6.45) is 3.32. The van der Waals surface area contributed by atoms with Crippen molar-refractivity contribution in [3.05, 3.63) is 23.5 Å². The van der Waals surface area contributed by atoms with Crippen LogP contribution in [-0.4, -0.2) is 18.3 Å². The van der Waals surface area contributed by atoms with Crippen LogP contribution in [0.4, 0.5) is 5.69 Å². The second-order valence-electron chi connectivity index (χ2n) is 4.33. The zero-order valence-corrected chi connectivity index (χ0v) is 9.61. The van der Waals surface area contributed by atoms with Crippen molar-refractivity contribution >= 4 is 11.9 Å². The molecule has 1 heterocycles. The summed E-state index contributed by atoms with van der Waals surface area (Å²) in [5, 5.41) is 3.69. The molecule has 1 rings (SSSR count). The second kappa shape index (κ2) is 4.29. The van der Waals surface area contributed by atoms with E-state index in [9.17, 15) is 0 Å². The van der Waals surface area contributed by atoms with Crippen molar-refractivity contribution < 1.29 is 4.84 Å². The third kappa shape index (κ3) is 2.68. The summed E-state index contributed by atoms with van der Waals surface area (Å²) in [5.74, 6) is 0. The molecular weight excluding hydrogens is 190 g/mol. The number of hydrogen-bond donors (Lipinski definition) is 1. The van der Waals surface area contributed by atoms with E-state index in [0.29, 0.717) is 5.69 Å². The van der Waals surface area contributed by atoms with E-state index in [-0.39, 0.29) is 5.41 Å². The van der Waals surface area contributed by atoms with Crippen LogP contribution in [0.15, 0.2) is 17.4 Å². The molecule has 15 heavy (non-hydrogen) atoms. The van der Waals surface area contributed by atoms with E-state index in [1.54, 1.807) is 12.4 Å². The lowest BCUT2D eigenvalue weighted by molar-refractivity contribution is 0.215. The van der Waals surface area contributed by atoms with Gasteiger partial charge >= 0.3 is 0 Å². The molecule has 82 valence electrons. The molecule has 2 N–H and O–H groups in total. The maximum absolute atomic E-state index is 6.00. The lowest BCUT2D eigenvalue weighted by Crippen LogP contribution is -2.17. The molecule has 0 amide bonds. The van der Waals surface area contributed by atoms with Crippen LogP contribution < -0.4 is 5.73 Å². The van der Waals surface area contributed by atoms with E-state index in [1.807, 2.05) is 6.07 Å². The van der Waals surface area contributed by atoms with Gasteiger partial charge in [-0.2, -0.15) is 0 Å². The highest BCUT2D eigenvalue weighted by molar-refractivity contribution is 5.87. The maximum Gasteiger partial charge on any atom is 0.106 e. The van der Waals surface area contributed by atoms with E-state index >= 15 is 0 Å². The molecule has 1 aromatic rings. The van der Waals surface area contributed by atoms with E-state index in [0.717, 1.165) is 11.3 Å². The molecule has 1 aromatic heterocycles. The molecule has 0 fully saturated rings. The minimum absolute atomic E-state index is 0.0684. The van der Waals surface area contributed by atoms with Crippen molar-refractivity contribution in [2.24, 2.45) is 5.16 Å². The zero-order chi connectivity index (χ0) is 11.5. The van der Waals surface area contributed by atoms with Crippen molar-refractivity contribution in [3.63, 3.8) is 0 Å². The van der Waals surface area contributed by atoms with Gasteiger partial charge in [-0.25, -0.2) is 0 Å². The Hall–Kier alpha value is -1.58. The highest BCUT2D eigenvalue weighted by Gasteiger charge is 2.19. The van der Waals surface area contributed by atoms with Gasteiger partial charge < -0.3 is 10.6 Å². The first-order valence-electron chi connectivity index (χ1n) is 4.78. The van der Waals surface area contributed by atoms with Crippen molar-refractivity contribution in [2.45, 2.75) is 26.2 Å². The summed E-state index contributed by atoms with van der Waals surface area (Å²) in [5.41, 5.74) is 8.30. The van der Waals surface area contributed by atoms with Crippen molar-refractivity contribution in [2.75, 3.05) is 12.8 Å². The molecule has 0 unspecified atom stereocenters. The normalized spacial score (nSPS) is 12.0. The second-order valence-corrected chi connectivity index (χ2v) is 4.33. The number of hydrogen-bond acceptors (Lipinski definition) is 4. The van der Waals surface area contributed by atoms with Crippen LogP contribution in [0.1, 0.15) is 32.0 Å². The summed E-state index contributed by atoms with van der Waals surface area (Å²) >= 11 is 0. The van der Waals surface area contributed by atoms with Gasteiger partial charge in [0, 0.05) is 17.2 Å². The van der Waals surface area contributed by atoms with Crippen LogP contribution >= 0.6 is 0 Å². The van der Waals surface area contributed by atoms with Crippen molar-refractivity contribution in [3.8, 4) is 0 Å². The molecular formula is C11H17N3O. The van der Waals surface area contributed by atoms with Crippen LogP contribution in [0.2, 0.25) is 0 Å². The molecule has 0 aliphatic heterocycles. The van der Waals surface area contributed by atoms with Gasteiger partial charge in [0.25, 0.3) is 0 Å². The zero-order valence-electron chi connectivity index (χ0n) is 9.61. The quantitative estimate of drug-likeness (QED) is 0.595. The topological polar surface area (TPSA) is 60.5 Å². The first-order valence-corrected chi connectivity index (χ1v) is 4.78. The van der Waals surface area contributed by atoms with E-state index in [2.05, 4.69) is 35.7 Å². The van der Waals surface area contributed by atoms with Crippen LogP contribution in [0.25, 0.3) is 0 Å². The van der Waals surface area contributed by atoms with Crippen LogP contribution in [0.5, 0.6) is 0 Å². The fourth-order valence-electron chi connectivity index (χ4n) is 1.31. The molecule has 0 spiro atoms. The minimum Gasteiger partial charge on any atom is -0.399 e. The molecule has 0 aliphatic carbocycles. The number of anilines is 1. The van der Waals surface area contributed by atoms with Gasteiger partial charge in [0.05, 0.1) is 17.6 Å². The number of rotatable bonds is 2. The largest absolute Gasteiger partial charge is 0.399 e. The molecule has 0 atom stereocenters. The monoisotopic (exact) mass is 207 g/mol. The number of pyridine rings is 1. The summed E-state index contributed by atoms with van der Waals surface area (Å²) in [7, 11) is 1.50. The average molecular weight is 207 g/mol. The van der Waals surface area contributed by atoms with Gasteiger partial charge in [-0.3, -0.25) is 4.98 Å². The Morgan fingerprint density at radius 2 is 2.13 bits per heavy atom. The predicted octanol–water partition coefficient (Wildman–Crippen LogP) is 1.94. The fraction of sp³-hybridized carbons (Fsp3) is 0.455. The number of nitrogens with zero attached hydrogens (tertiary/aromatic N) is 2. The van der Waals surface area contributed by atoms with Gasteiger partial charge in [-0.1, -0.05) is 25.9 Å². The van der Waals surface area contributed by atoms with Crippen LogP contribution in [0.3, 0.4) is 0 Å². The Kier molecular flexibility index (Phi) is 3.29. The van der Waals surface area contributed by atoms with Gasteiger partial charge in [0.1, 0.15) is 7.11 Å². The SMILES string of the molecule is CO/N=C/c1ccnc(C(C)(C)C)c1N. The molecule has 0 aromatic carbocycles. The lowest BCUT2D eigenvalue weighted by atomic mass is 9.89. The highest BCUT2D eigenvalue weighted by atomic mass is 16.6. The standard InChI is InChI=1S/C11H17N3O/c1-11(2,3)10-9(12)8(5-6-13-10)7-14-15-4/h5-7H,12H2,1-4H3/b14-7+. The van der Waals surface area contributed by atoms with E-state index in [4.69, 9.17) is 5.73 Å². The molecule has 0 saturated carbocycles. The number of nitrogen functional groups attached to an aromatic ring is 1. The molecule has 4 nitrogen and oxygen atoms in total. The third-order valence-electron chi connectivity index (χ3n) is 2.03. The van der Waals surface area contributed by atoms with E-state index < -0.39 is 0 Å². The van der Waals surface area contributed by atoms with Gasteiger partial charge in [0.2, 0.25) is 0 Å². The minimum atomic E-state index is -0.0684. The average Bonchev–Trinajstić information content (AvgIpc) is 2.14. The molecule has 0 bridgehead atoms. The van der Waals surface area contributed by atoms with Crippen molar-refractivity contribution in [1.82, 2.24) is 4.98 Å². The lowest BCUT2D eigenvalue weighted by Gasteiger charge is -2.20. The first-order chi connectivity index (χ1) is 6.96. The molecule has 4 heteroatoms. The van der Waals surface area contributed by atoms with Gasteiger partial charge in [-0.05, 0) is 6.07 Å². The molecule has 0 aliphatic rings. The first kappa shape index (κ1) is 11.5. The third-order valence-corrected chi connectivity index (χ3v) is 2.03. The Labute approximate surface area is 90.1 Å². The fourth-order valence-corrected chi connectivity index (χ4v) is 1.31. The van der Waals surface area contributed by atoms with Gasteiger partial charge in [-0.15, -0.1) is 0 Å². The van der Waals surface area contributed by atoms with Crippen LogP contribution in [0, 0.1) is 0 Å². The number of oxime groups is 1. The smallest absolute Gasteiger partial charge is 0.106 e. The number of nitrogens with two attached hydrogens (primary N) is 1. The van der Waals surface area contributed by atoms with E-state index in [1.165, 1.54) is 7.11 Å². The summed E-state index contributed by atoms with van der Waals surface area (Å²) in [6.45, 7) is 6.22. The molecule has 0 saturated heterocycles. The summed E-state index contributed by atoms with van der Waals surface area (Å²) in [4.78, 5) is 8.91. The Morgan fingerprint density at radius 3 is 2.67 bits per heavy atom.